The van der Waals surface area contributed by atoms with Crippen LogP contribution in [-0.2, 0) is 15.0 Å². The fraction of sp³-hybridized carbons (Fsp3) is 0.500. The summed E-state index contributed by atoms with van der Waals surface area (Å²) in [5, 5.41) is 0. The predicted octanol–water partition coefficient (Wildman–Crippen LogP) is 1.70. The summed E-state index contributed by atoms with van der Waals surface area (Å²) in [5.74, 6) is 4.75. The molecule has 1 rings (SSSR count). The van der Waals surface area contributed by atoms with Crippen LogP contribution in [0.5, 0.6) is 0 Å². The molecule has 1 heterocycles. The Labute approximate surface area is 92.9 Å². The maximum Gasteiger partial charge on any atom is 0.348 e. The average Bonchev–Trinajstić information content (AvgIpc) is 2.66. The van der Waals surface area contributed by atoms with Crippen LogP contribution >= 0.6 is 11.3 Å². The Bertz CT molecular complexity index is 346. The molecule has 0 fully saturated rings. The second-order valence-corrected chi connectivity index (χ2v) is 4.93. The van der Waals surface area contributed by atoms with Crippen LogP contribution in [-0.4, -0.2) is 19.7 Å². The first-order chi connectivity index (χ1) is 7.01. The maximum atomic E-state index is 11.2. The minimum atomic E-state index is -0.310. The maximum absolute atomic E-state index is 11.2. The molecule has 0 unspecified atom stereocenters. The van der Waals surface area contributed by atoms with Gasteiger partial charge in [-0.25, -0.2) is 10.7 Å². The summed E-state index contributed by atoms with van der Waals surface area (Å²) in [4.78, 5) is 17.5. The highest BCUT2D eigenvalue weighted by Crippen LogP contribution is 2.30. The average molecular weight is 229 g/mol. The van der Waals surface area contributed by atoms with Crippen molar-refractivity contribution in [2.75, 3.05) is 13.7 Å². The molecule has 0 bridgehead atoms. The highest BCUT2D eigenvalue weighted by atomic mass is 32.1. The van der Waals surface area contributed by atoms with Gasteiger partial charge in [-0.15, -0.1) is 11.3 Å². The molecule has 1 aromatic heterocycles. The first-order valence-corrected chi connectivity index (χ1v) is 5.33. The molecule has 0 aromatic carbocycles. The largest absolute Gasteiger partial charge is 0.465 e. The number of rotatable bonds is 4. The number of carbonyl (C=O) groups is 1. The molecule has 0 aliphatic rings. The Morgan fingerprint density at radius 2 is 2.20 bits per heavy atom. The molecule has 15 heavy (non-hydrogen) atoms. The molecule has 0 aliphatic carbocycles. The van der Waals surface area contributed by atoms with E-state index in [2.05, 4.69) is 9.57 Å². The van der Waals surface area contributed by atoms with E-state index in [1.165, 1.54) is 18.4 Å². The molecule has 0 saturated carbocycles. The lowest BCUT2D eigenvalue weighted by molar-refractivity contribution is 0.0606. The van der Waals surface area contributed by atoms with Crippen molar-refractivity contribution in [2.45, 2.75) is 19.3 Å². The number of hydrogen-bond acceptors (Lipinski definition) is 5. The van der Waals surface area contributed by atoms with Gasteiger partial charge in [-0.3, -0.25) is 0 Å². The van der Waals surface area contributed by atoms with Crippen LogP contribution in [0.1, 0.15) is 28.4 Å². The number of esters is 1. The Morgan fingerprint density at radius 1 is 1.53 bits per heavy atom. The molecule has 0 spiro atoms. The fourth-order valence-corrected chi connectivity index (χ4v) is 2.20. The molecule has 0 atom stereocenters. The predicted molar refractivity (Wildman–Crippen MR) is 58.8 cm³/mol. The van der Waals surface area contributed by atoms with E-state index < -0.39 is 0 Å². The summed E-state index contributed by atoms with van der Waals surface area (Å²) >= 11 is 1.40. The number of carbonyl (C=O) groups excluding carboxylic acids is 1. The molecular weight excluding hydrogens is 214 g/mol. The summed E-state index contributed by atoms with van der Waals surface area (Å²) < 4.78 is 4.64. The van der Waals surface area contributed by atoms with Crippen LogP contribution in [0.25, 0.3) is 0 Å². The van der Waals surface area contributed by atoms with E-state index >= 15 is 0 Å². The second-order valence-electron chi connectivity index (χ2n) is 3.85. The highest BCUT2D eigenvalue weighted by molar-refractivity contribution is 7.14. The Hall–Kier alpha value is -0.910. The first kappa shape index (κ1) is 12.2. The monoisotopic (exact) mass is 229 g/mol. The molecule has 2 N–H and O–H groups in total. The van der Waals surface area contributed by atoms with Gasteiger partial charge in [0.25, 0.3) is 0 Å². The van der Waals surface area contributed by atoms with Crippen molar-refractivity contribution < 1.29 is 14.4 Å². The summed E-state index contributed by atoms with van der Waals surface area (Å²) in [6.07, 6.45) is 0. The van der Waals surface area contributed by atoms with Crippen LogP contribution in [0.3, 0.4) is 0 Å². The molecule has 0 radical (unpaired) electrons. The number of thiophene rings is 1. The van der Waals surface area contributed by atoms with Crippen LogP contribution < -0.4 is 5.90 Å². The zero-order valence-corrected chi connectivity index (χ0v) is 9.89. The minimum Gasteiger partial charge on any atom is -0.465 e. The molecular formula is C10H15NO3S. The molecule has 1 aromatic rings. The lowest BCUT2D eigenvalue weighted by Crippen LogP contribution is -2.25. The van der Waals surface area contributed by atoms with E-state index in [1.807, 2.05) is 19.9 Å². The van der Waals surface area contributed by atoms with Gasteiger partial charge in [0, 0.05) is 10.3 Å². The van der Waals surface area contributed by atoms with Crippen LogP contribution in [0.4, 0.5) is 0 Å². The summed E-state index contributed by atoms with van der Waals surface area (Å²) in [5.41, 5.74) is -0.189. The highest BCUT2D eigenvalue weighted by Gasteiger charge is 2.24. The third-order valence-corrected chi connectivity index (χ3v) is 3.54. The van der Waals surface area contributed by atoms with Gasteiger partial charge in [0.1, 0.15) is 4.88 Å². The van der Waals surface area contributed by atoms with Gasteiger partial charge in [-0.1, -0.05) is 13.8 Å². The Balaban J connectivity index is 2.88. The van der Waals surface area contributed by atoms with Crippen molar-refractivity contribution in [3.05, 3.63) is 21.9 Å². The Kier molecular flexibility index (Phi) is 3.84. The van der Waals surface area contributed by atoms with E-state index in [0.717, 1.165) is 4.88 Å². The van der Waals surface area contributed by atoms with Gasteiger partial charge in [0.15, 0.2) is 0 Å². The van der Waals surface area contributed by atoms with E-state index in [0.29, 0.717) is 11.5 Å². The zero-order valence-electron chi connectivity index (χ0n) is 9.07. The lowest BCUT2D eigenvalue weighted by Gasteiger charge is -2.20. The van der Waals surface area contributed by atoms with Crippen molar-refractivity contribution in [3.63, 3.8) is 0 Å². The number of methoxy groups -OCH3 is 1. The number of nitrogens with two attached hydrogens (primary N) is 1. The SMILES string of the molecule is COC(=O)c1ccc(C(C)(C)CON)s1. The van der Waals surface area contributed by atoms with Gasteiger partial charge >= 0.3 is 5.97 Å². The molecule has 5 heteroatoms. The van der Waals surface area contributed by atoms with E-state index in [4.69, 9.17) is 5.90 Å². The van der Waals surface area contributed by atoms with E-state index in [1.54, 1.807) is 6.07 Å². The topological polar surface area (TPSA) is 61.5 Å². The van der Waals surface area contributed by atoms with Crippen molar-refractivity contribution in [2.24, 2.45) is 5.90 Å². The smallest absolute Gasteiger partial charge is 0.348 e. The van der Waals surface area contributed by atoms with Crippen LogP contribution in [0.15, 0.2) is 12.1 Å². The zero-order chi connectivity index (χ0) is 11.5. The quantitative estimate of drug-likeness (QED) is 0.630. The normalized spacial score (nSPS) is 11.5. The van der Waals surface area contributed by atoms with Crippen LogP contribution in [0.2, 0.25) is 0 Å². The standard InChI is InChI=1S/C10H15NO3S/c1-10(2,6-14-11)8-5-4-7(15-8)9(12)13-3/h4-5H,6,11H2,1-3H3. The number of hydrogen-bond donors (Lipinski definition) is 1. The van der Waals surface area contributed by atoms with E-state index in [9.17, 15) is 4.79 Å². The van der Waals surface area contributed by atoms with Crippen molar-refractivity contribution in [1.82, 2.24) is 0 Å². The van der Waals surface area contributed by atoms with Crippen molar-refractivity contribution in [1.29, 1.82) is 0 Å². The Morgan fingerprint density at radius 3 is 2.73 bits per heavy atom. The van der Waals surface area contributed by atoms with Gasteiger partial charge < -0.3 is 9.57 Å². The molecule has 0 saturated heterocycles. The van der Waals surface area contributed by atoms with Crippen LogP contribution in [0, 0.1) is 0 Å². The first-order valence-electron chi connectivity index (χ1n) is 4.51. The lowest BCUT2D eigenvalue weighted by atomic mass is 9.93. The minimum absolute atomic E-state index is 0.189. The summed E-state index contributed by atoms with van der Waals surface area (Å²) in [6.45, 7) is 4.42. The molecule has 84 valence electrons. The third kappa shape index (κ3) is 2.77. The summed E-state index contributed by atoms with van der Waals surface area (Å²) in [7, 11) is 1.37. The van der Waals surface area contributed by atoms with Crippen molar-refractivity contribution in [3.8, 4) is 0 Å². The van der Waals surface area contributed by atoms with Gasteiger partial charge in [-0.05, 0) is 12.1 Å². The molecule has 0 amide bonds. The molecule has 0 aliphatic heterocycles. The third-order valence-electron chi connectivity index (χ3n) is 2.10. The second kappa shape index (κ2) is 4.74. The van der Waals surface area contributed by atoms with E-state index in [-0.39, 0.29) is 11.4 Å². The van der Waals surface area contributed by atoms with Gasteiger partial charge in [-0.2, -0.15) is 0 Å². The van der Waals surface area contributed by atoms with Crippen molar-refractivity contribution >= 4 is 17.3 Å². The van der Waals surface area contributed by atoms with Gasteiger partial charge in [0.2, 0.25) is 0 Å². The van der Waals surface area contributed by atoms with Gasteiger partial charge in [0.05, 0.1) is 13.7 Å². The molecule has 4 nitrogen and oxygen atoms in total. The number of ether oxygens (including phenoxy) is 1. The summed E-state index contributed by atoms with van der Waals surface area (Å²) in [6, 6.07) is 3.65. The fourth-order valence-electron chi connectivity index (χ4n) is 1.19.